The van der Waals surface area contributed by atoms with E-state index in [0.717, 1.165) is 77.5 Å². The maximum Gasteiger partial charge on any atom is 0.230 e. The zero-order chi connectivity index (χ0) is 16.7. The normalized spacial score (nSPS) is 40.5. The standard InChI is InChI=1S/C19H31N3O2/c1-14-7-10-20-17(14)21-11-2-8-19(13-21)9-12-22(18(19)24)15-3-5-16(23)6-4-15/h14-16,23H,2-13H2,1H3/t14?,15?,16?,19-/m1/s1. The van der Waals surface area contributed by atoms with E-state index in [1.54, 1.807) is 0 Å². The second-order valence-corrected chi connectivity index (χ2v) is 8.45. The molecule has 0 bridgehead atoms. The van der Waals surface area contributed by atoms with E-state index in [0.29, 0.717) is 17.9 Å². The van der Waals surface area contributed by atoms with Gasteiger partial charge < -0.3 is 14.9 Å². The lowest BCUT2D eigenvalue weighted by Crippen LogP contribution is -2.52. The summed E-state index contributed by atoms with van der Waals surface area (Å²) < 4.78 is 0. The number of hydrogen-bond acceptors (Lipinski definition) is 4. The van der Waals surface area contributed by atoms with Gasteiger partial charge in [0, 0.05) is 38.1 Å². The molecule has 0 aromatic heterocycles. The van der Waals surface area contributed by atoms with E-state index in [1.165, 1.54) is 5.84 Å². The molecule has 2 atom stereocenters. The number of aliphatic imine (C=N–C) groups is 1. The zero-order valence-corrected chi connectivity index (χ0v) is 14.9. The number of piperidine rings is 1. The summed E-state index contributed by atoms with van der Waals surface area (Å²) >= 11 is 0. The monoisotopic (exact) mass is 333 g/mol. The minimum absolute atomic E-state index is 0.153. The minimum Gasteiger partial charge on any atom is -0.393 e. The maximum atomic E-state index is 13.3. The smallest absolute Gasteiger partial charge is 0.230 e. The van der Waals surface area contributed by atoms with Crippen molar-refractivity contribution >= 4 is 11.7 Å². The van der Waals surface area contributed by atoms with Crippen molar-refractivity contribution < 1.29 is 9.90 Å². The average Bonchev–Trinajstić information content (AvgIpc) is 3.14. The van der Waals surface area contributed by atoms with Crippen molar-refractivity contribution in [3.63, 3.8) is 0 Å². The van der Waals surface area contributed by atoms with Crippen LogP contribution in [0.3, 0.4) is 0 Å². The molecule has 5 heteroatoms. The molecule has 3 aliphatic heterocycles. The lowest BCUT2D eigenvalue weighted by Gasteiger charge is -2.42. The molecule has 1 N–H and O–H groups in total. The van der Waals surface area contributed by atoms with Gasteiger partial charge in [-0.1, -0.05) is 6.92 Å². The molecule has 1 spiro atoms. The summed E-state index contributed by atoms with van der Waals surface area (Å²) in [5, 5.41) is 9.74. The highest BCUT2D eigenvalue weighted by molar-refractivity contribution is 5.89. The average molecular weight is 333 g/mol. The Kier molecular flexibility index (Phi) is 4.31. The van der Waals surface area contributed by atoms with Crippen LogP contribution in [0.15, 0.2) is 4.99 Å². The van der Waals surface area contributed by atoms with Crippen molar-refractivity contribution in [2.45, 2.75) is 70.4 Å². The lowest BCUT2D eigenvalue weighted by atomic mass is 9.78. The minimum atomic E-state index is -0.168. The van der Waals surface area contributed by atoms with Crippen molar-refractivity contribution in [1.82, 2.24) is 9.80 Å². The molecule has 3 heterocycles. The molecule has 0 aromatic carbocycles. The van der Waals surface area contributed by atoms with Gasteiger partial charge in [0.25, 0.3) is 0 Å². The summed E-state index contributed by atoms with van der Waals surface area (Å²) in [7, 11) is 0. The van der Waals surface area contributed by atoms with Crippen molar-refractivity contribution in [3.8, 4) is 0 Å². The number of hydrogen-bond donors (Lipinski definition) is 1. The Balaban J connectivity index is 1.46. The first kappa shape index (κ1) is 16.4. The van der Waals surface area contributed by atoms with Gasteiger partial charge in [-0.25, -0.2) is 0 Å². The van der Waals surface area contributed by atoms with E-state index in [2.05, 4.69) is 16.7 Å². The molecule has 1 amide bonds. The van der Waals surface area contributed by atoms with Crippen molar-refractivity contribution in [2.75, 3.05) is 26.2 Å². The first-order valence-corrected chi connectivity index (χ1v) is 9.87. The Morgan fingerprint density at radius 2 is 1.92 bits per heavy atom. The van der Waals surface area contributed by atoms with Crippen LogP contribution in [0.2, 0.25) is 0 Å². The molecular weight excluding hydrogens is 302 g/mol. The van der Waals surface area contributed by atoms with Crippen LogP contribution in [-0.2, 0) is 4.79 Å². The Hall–Kier alpha value is -1.10. The molecule has 4 rings (SSSR count). The van der Waals surface area contributed by atoms with Gasteiger partial charge in [0.15, 0.2) is 0 Å². The SMILES string of the molecule is CC1CCN=C1N1CCC[C@@]2(CCN(C3CCC(O)CC3)C2=O)C1. The van der Waals surface area contributed by atoms with E-state index in [1.807, 2.05) is 0 Å². The molecule has 1 saturated carbocycles. The topological polar surface area (TPSA) is 56.1 Å². The van der Waals surface area contributed by atoms with Crippen molar-refractivity contribution in [3.05, 3.63) is 0 Å². The fourth-order valence-electron chi connectivity index (χ4n) is 5.34. The number of aliphatic hydroxyl groups excluding tert-OH is 1. The molecule has 24 heavy (non-hydrogen) atoms. The van der Waals surface area contributed by atoms with Crippen LogP contribution < -0.4 is 0 Å². The Morgan fingerprint density at radius 1 is 1.12 bits per heavy atom. The van der Waals surface area contributed by atoms with E-state index >= 15 is 0 Å². The summed E-state index contributed by atoms with van der Waals surface area (Å²) in [6, 6.07) is 0.360. The van der Waals surface area contributed by atoms with Crippen LogP contribution in [0.4, 0.5) is 0 Å². The second kappa shape index (κ2) is 6.32. The van der Waals surface area contributed by atoms with Crippen LogP contribution in [-0.4, -0.2) is 65.0 Å². The number of likely N-dealkylation sites (tertiary alicyclic amines) is 2. The van der Waals surface area contributed by atoms with Gasteiger partial charge in [0.05, 0.1) is 11.5 Å². The highest BCUT2D eigenvalue weighted by Crippen LogP contribution is 2.43. The summed E-state index contributed by atoms with van der Waals surface area (Å²) in [5.41, 5.74) is -0.168. The highest BCUT2D eigenvalue weighted by atomic mass is 16.3. The summed E-state index contributed by atoms with van der Waals surface area (Å²) in [6.45, 7) is 6.07. The van der Waals surface area contributed by atoms with Crippen LogP contribution >= 0.6 is 0 Å². The van der Waals surface area contributed by atoms with Gasteiger partial charge in [-0.2, -0.15) is 0 Å². The number of carbonyl (C=O) groups excluding carboxylic acids is 1. The van der Waals surface area contributed by atoms with E-state index in [4.69, 9.17) is 4.99 Å². The molecule has 0 radical (unpaired) electrons. The summed E-state index contributed by atoms with van der Waals surface area (Å²) in [4.78, 5) is 22.6. The Labute approximate surface area is 145 Å². The van der Waals surface area contributed by atoms with Crippen LogP contribution in [0.25, 0.3) is 0 Å². The fraction of sp³-hybridized carbons (Fsp3) is 0.895. The fourth-order valence-corrected chi connectivity index (χ4v) is 5.34. The molecule has 4 aliphatic rings. The molecule has 0 aromatic rings. The molecule has 3 fully saturated rings. The largest absolute Gasteiger partial charge is 0.393 e. The number of aliphatic hydroxyl groups is 1. The van der Waals surface area contributed by atoms with Crippen LogP contribution in [0, 0.1) is 11.3 Å². The lowest BCUT2D eigenvalue weighted by molar-refractivity contribution is -0.140. The number of amides is 1. The maximum absolute atomic E-state index is 13.3. The third-order valence-electron chi connectivity index (χ3n) is 6.83. The van der Waals surface area contributed by atoms with E-state index in [-0.39, 0.29) is 11.5 Å². The third kappa shape index (κ3) is 2.75. The molecule has 5 nitrogen and oxygen atoms in total. The highest BCUT2D eigenvalue weighted by Gasteiger charge is 2.51. The van der Waals surface area contributed by atoms with E-state index in [9.17, 15) is 9.90 Å². The number of carbonyl (C=O) groups is 1. The number of amidine groups is 1. The molecule has 134 valence electrons. The van der Waals surface area contributed by atoms with Crippen molar-refractivity contribution in [2.24, 2.45) is 16.3 Å². The number of nitrogens with zero attached hydrogens (tertiary/aromatic N) is 3. The Bertz CT molecular complexity index is 527. The number of rotatable bonds is 1. The van der Waals surface area contributed by atoms with Crippen LogP contribution in [0.1, 0.15) is 58.3 Å². The van der Waals surface area contributed by atoms with E-state index < -0.39 is 0 Å². The second-order valence-electron chi connectivity index (χ2n) is 8.45. The predicted octanol–water partition coefficient (Wildman–Crippen LogP) is 2.04. The molecular formula is C19H31N3O2. The molecule has 2 saturated heterocycles. The summed E-state index contributed by atoms with van der Waals surface area (Å²) in [6.07, 6.45) is 7.79. The molecule has 1 aliphatic carbocycles. The molecule has 1 unspecified atom stereocenters. The van der Waals surface area contributed by atoms with Gasteiger partial charge in [0.1, 0.15) is 5.84 Å². The quantitative estimate of drug-likeness (QED) is 0.799. The van der Waals surface area contributed by atoms with Gasteiger partial charge in [-0.05, 0) is 51.4 Å². The zero-order valence-electron chi connectivity index (χ0n) is 14.9. The first-order chi connectivity index (χ1) is 11.6. The van der Waals surface area contributed by atoms with Gasteiger partial charge >= 0.3 is 0 Å². The summed E-state index contributed by atoms with van der Waals surface area (Å²) in [5.74, 6) is 2.19. The van der Waals surface area contributed by atoms with Crippen molar-refractivity contribution in [1.29, 1.82) is 0 Å². The van der Waals surface area contributed by atoms with Crippen LogP contribution in [0.5, 0.6) is 0 Å². The first-order valence-electron chi connectivity index (χ1n) is 9.87. The van der Waals surface area contributed by atoms with Gasteiger partial charge in [-0.15, -0.1) is 0 Å². The Morgan fingerprint density at radius 3 is 2.62 bits per heavy atom. The van der Waals surface area contributed by atoms with Gasteiger partial charge in [-0.3, -0.25) is 9.79 Å². The third-order valence-corrected chi connectivity index (χ3v) is 6.83. The van der Waals surface area contributed by atoms with Gasteiger partial charge in [0.2, 0.25) is 5.91 Å². The predicted molar refractivity (Wildman–Crippen MR) is 93.9 cm³/mol.